The van der Waals surface area contributed by atoms with Crippen LogP contribution < -0.4 is 10.5 Å². The van der Waals surface area contributed by atoms with Crippen molar-refractivity contribution in [3.05, 3.63) is 23.3 Å². The molecule has 1 aromatic rings. The Kier molecular flexibility index (Phi) is 3.31. The lowest BCUT2D eigenvalue weighted by Gasteiger charge is -2.12. The zero-order chi connectivity index (χ0) is 11.6. The normalized spacial score (nSPS) is 12.3. The molecule has 0 heterocycles. The molecule has 0 aliphatic carbocycles. The van der Waals surface area contributed by atoms with Crippen molar-refractivity contribution >= 4 is 5.97 Å². The number of nitrogens with two attached hydrogens (primary N) is 1. The van der Waals surface area contributed by atoms with Crippen LogP contribution in [0.1, 0.15) is 18.1 Å². The van der Waals surface area contributed by atoms with Gasteiger partial charge in [0.05, 0.1) is 0 Å². The van der Waals surface area contributed by atoms with Crippen LogP contribution in [0.3, 0.4) is 0 Å². The molecule has 1 aromatic carbocycles. The van der Waals surface area contributed by atoms with Crippen LogP contribution in [0.25, 0.3) is 0 Å². The molecule has 1 atom stereocenters. The number of hydrogen-bond acceptors (Lipinski definition) is 4. The van der Waals surface area contributed by atoms with Gasteiger partial charge in [-0.1, -0.05) is 0 Å². The highest BCUT2D eigenvalue weighted by Gasteiger charge is 2.14. The van der Waals surface area contributed by atoms with Gasteiger partial charge in [0.25, 0.3) is 0 Å². The Morgan fingerprint density at radius 1 is 1.40 bits per heavy atom. The van der Waals surface area contributed by atoms with Crippen molar-refractivity contribution in [1.29, 1.82) is 0 Å². The molecular formula is C11H15NO3. The van der Waals surface area contributed by atoms with Crippen molar-refractivity contribution < 1.29 is 14.6 Å². The molecular weight excluding hydrogens is 194 g/mol. The van der Waals surface area contributed by atoms with Crippen LogP contribution in [-0.2, 0) is 4.79 Å². The SMILES string of the molecule is Cc1cc(O)cc(C)c1OC(=O)[C@H](C)N. The van der Waals surface area contributed by atoms with Crippen LogP contribution in [0.5, 0.6) is 11.5 Å². The van der Waals surface area contributed by atoms with Gasteiger partial charge < -0.3 is 15.6 Å². The number of rotatable bonds is 2. The minimum atomic E-state index is -0.655. The highest BCUT2D eigenvalue weighted by molar-refractivity contribution is 5.78. The van der Waals surface area contributed by atoms with E-state index in [1.807, 2.05) is 0 Å². The van der Waals surface area contributed by atoms with E-state index in [0.29, 0.717) is 16.9 Å². The van der Waals surface area contributed by atoms with E-state index in [1.54, 1.807) is 20.8 Å². The number of carbonyl (C=O) groups excluding carboxylic acids is 1. The second-order valence-corrected chi connectivity index (χ2v) is 3.62. The minimum Gasteiger partial charge on any atom is -0.508 e. The summed E-state index contributed by atoms with van der Waals surface area (Å²) in [6.07, 6.45) is 0. The summed E-state index contributed by atoms with van der Waals surface area (Å²) >= 11 is 0. The highest BCUT2D eigenvalue weighted by atomic mass is 16.5. The van der Waals surface area contributed by atoms with Gasteiger partial charge in [-0.25, -0.2) is 4.79 Å². The first-order valence-corrected chi connectivity index (χ1v) is 4.69. The predicted molar refractivity (Wildman–Crippen MR) is 56.9 cm³/mol. The van der Waals surface area contributed by atoms with Crippen molar-refractivity contribution in [3.8, 4) is 11.5 Å². The fourth-order valence-corrected chi connectivity index (χ4v) is 1.28. The van der Waals surface area contributed by atoms with Crippen LogP contribution in [0, 0.1) is 13.8 Å². The largest absolute Gasteiger partial charge is 0.508 e. The number of phenols is 1. The standard InChI is InChI=1S/C11H15NO3/c1-6-4-9(13)5-7(2)10(6)15-11(14)8(3)12/h4-5,8,13H,12H2,1-3H3/t8-/m0/s1. The van der Waals surface area contributed by atoms with Gasteiger partial charge in [-0.05, 0) is 44.0 Å². The van der Waals surface area contributed by atoms with Crippen molar-refractivity contribution in [3.63, 3.8) is 0 Å². The Morgan fingerprint density at radius 3 is 2.27 bits per heavy atom. The molecule has 4 heteroatoms. The van der Waals surface area contributed by atoms with E-state index in [9.17, 15) is 9.90 Å². The van der Waals surface area contributed by atoms with E-state index >= 15 is 0 Å². The number of hydrogen-bond donors (Lipinski definition) is 2. The molecule has 0 bridgehead atoms. The fourth-order valence-electron chi connectivity index (χ4n) is 1.28. The zero-order valence-corrected chi connectivity index (χ0v) is 9.07. The summed E-state index contributed by atoms with van der Waals surface area (Å²) in [6, 6.07) is 2.42. The molecule has 3 N–H and O–H groups in total. The van der Waals surface area contributed by atoms with Gasteiger partial charge in [0.2, 0.25) is 0 Å². The molecule has 82 valence electrons. The first kappa shape index (κ1) is 11.5. The second-order valence-electron chi connectivity index (χ2n) is 3.62. The Balaban J connectivity index is 3.00. The van der Waals surface area contributed by atoms with Gasteiger partial charge in [0.1, 0.15) is 17.5 Å². The maximum Gasteiger partial charge on any atom is 0.328 e. The smallest absolute Gasteiger partial charge is 0.328 e. The van der Waals surface area contributed by atoms with Crippen molar-refractivity contribution in [2.24, 2.45) is 5.73 Å². The number of ether oxygens (including phenoxy) is 1. The third kappa shape index (κ3) is 2.70. The van der Waals surface area contributed by atoms with Gasteiger partial charge >= 0.3 is 5.97 Å². The summed E-state index contributed by atoms with van der Waals surface area (Å²) in [7, 11) is 0. The molecule has 0 aliphatic rings. The van der Waals surface area contributed by atoms with Crippen LogP contribution >= 0.6 is 0 Å². The maximum atomic E-state index is 11.3. The molecule has 0 amide bonds. The molecule has 0 saturated heterocycles. The third-order valence-electron chi connectivity index (χ3n) is 2.02. The Labute approximate surface area is 88.7 Å². The number of phenolic OH excluding ortho intramolecular Hbond substituents is 1. The van der Waals surface area contributed by atoms with Gasteiger partial charge in [-0.3, -0.25) is 0 Å². The monoisotopic (exact) mass is 209 g/mol. The molecule has 0 radical (unpaired) electrons. The molecule has 15 heavy (non-hydrogen) atoms. The van der Waals surface area contributed by atoms with E-state index in [0.717, 1.165) is 0 Å². The number of aryl methyl sites for hydroxylation is 2. The van der Waals surface area contributed by atoms with Gasteiger partial charge in [-0.2, -0.15) is 0 Å². The lowest BCUT2D eigenvalue weighted by Crippen LogP contribution is -2.31. The predicted octanol–water partition coefficient (Wildman–Crippen LogP) is 1.26. The number of benzene rings is 1. The summed E-state index contributed by atoms with van der Waals surface area (Å²) in [4.78, 5) is 11.3. The Bertz CT molecular complexity index is 362. The Morgan fingerprint density at radius 2 is 1.87 bits per heavy atom. The summed E-state index contributed by atoms with van der Waals surface area (Å²) < 4.78 is 5.12. The number of esters is 1. The van der Waals surface area contributed by atoms with Gasteiger partial charge in [-0.15, -0.1) is 0 Å². The highest BCUT2D eigenvalue weighted by Crippen LogP contribution is 2.27. The minimum absolute atomic E-state index is 0.158. The van der Waals surface area contributed by atoms with Crippen molar-refractivity contribution in [2.75, 3.05) is 0 Å². The third-order valence-corrected chi connectivity index (χ3v) is 2.02. The molecule has 1 rings (SSSR count). The summed E-state index contributed by atoms with van der Waals surface area (Å²) in [6.45, 7) is 5.08. The lowest BCUT2D eigenvalue weighted by molar-refractivity contribution is -0.135. The van der Waals surface area contributed by atoms with Crippen LogP contribution in [0.15, 0.2) is 12.1 Å². The zero-order valence-electron chi connectivity index (χ0n) is 9.07. The summed E-state index contributed by atoms with van der Waals surface area (Å²) in [5.74, 6) is 0.146. The number of aromatic hydroxyl groups is 1. The molecule has 0 fully saturated rings. The summed E-state index contributed by atoms with van der Waals surface area (Å²) in [5.41, 5.74) is 6.81. The average molecular weight is 209 g/mol. The number of carbonyl (C=O) groups is 1. The fraction of sp³-hybridized carbons (Fsp3) is 0.364. The van der Waals surface area contributed by atoms with Crippen LogP contribution in [-0.4, -0.2) is 17.1 Å². The quantitative estimate of drug-likeness (QED) is 0.568. The van der Waals surface area contributed by atoms with Crippen LogP contribution in [0.2, 0.25) is 0 Å². The van der Waals surface area contributed by atoms with E-state index < -0.39 is 12.0 Å². The Hall–Kier alpha value is -1.55. The molecule has 0 aromatic heterocycles. The molecule has 4 nitrogen and oxygen atoms in total. The van der Waals surface area contributed by atoms with E-state index in [4.69, 9.17) is 10.5 Å². The first-order chi connectivity index (χ1) is 6.91. The maximum absolute atomic E-state index is 11.3. The lowest BCUT2D eigenvalue weighted by atomic mass is 10.1. The first-order valence-electron chi connectivity index (χ1n) is 4.69. The van der Waals surface area contributed by atoms with E-state index in [1.165, 1.54) is 12.1 Å². The summed E-state index contributed by atoms with van der Waals surface area (Å²) in [5, 5.41) is 9.30. The van der Waals surface area contributed by atoms with E-state index in [2.05, 4.69) is 0 Å². The molecule has 0 spiro atoms. The average Bonchev–Trinajstić information content (AvgIpc) is 2.10. The van der Waals surface area contributed by atoms with Crippen LogP contribution in [0.4, 0.5) is 0 Å². The topological polar surface area (TPSA) is 72.5 Å². The van der Waals surface area contributed by atoms with E-state index in [-0.39, 0.29) is 5.75 Å². The molecule has 0 saturated carbocycles. The van der Waals surface area contributed by atoms with Crippen molar-refractivity contribution in [2.45, 2.75) is 26.8 Å². The van der Waals surface area contributed by atoms with Crippen molar-refractivity contribution in [1.82, 2.24) is 0 Å². The van der Waals surface area contributed by atoms with Gasteiger partial charge in [0, 0.05) is 0 Å². The second kappa shape index (κ2) is 4.31. The molecule has 0 unspecified atom stereocenters. The van der Waals surface area contributed by atoms with Gasteiger partial charge in [0.15, 0.2) is 0 Å². The molecule has 0 aliphatic heterocycles.